The number of carbonyl (C=O) groups excluding carboxylic acids is 1. The molecule has 6 heteroatoms. The van der Waals surface area contributed by atoms with Gasteiger partial charge in [-0.2, -0.15) is 5.26 Å². The first kappa shape index (κ1) is 24.1. The minimum absolute atomic E-state index is 0.000221. The number of amides is 1. The van der Waals surface area contributed by atoms with Crippen LogP contribution in [0.25, 0.3) is 6.08 Å². The third-order valence-corrected chi connectivity index (χ3v) is 5.91. The molecule has 5 nitrogen and oxygen atoms in total. The van der Waals surface area contributed by atoms with Crippen LogP contribution in [0.15, 0.2) is 70.7 Å². The molecule has 1 amide bonds. The van der Waals surface area contributed by atoms with Crippen LogP contribution in [-0.2, 0) is 11.4 Å². The number of ether oxygens (including phenoxy) is 2. The molecular weight excluding hydrogens is 480 g/mol. The summed E-state index contributed by atoms with van der Waals surface area (Å²) in [6.07, 6.45) is 1.54. The SMILES string of the molecule is CCOc1cc(/C=C(\C#N)C(=O)Nc2cccc(C)c2C)ccc1OCc1ccccc1Br. The van der Waals surface area contributed by atoms with Crippen molar-refractivity contribution >= 4 is 33.6 Å². The normalized spacial score (nSPS) is 10.9. The lowest BCUT2D eigenvalue weighted by Crippen LogP contribution is -2.14. The monoisotopic (exact) mass is 504 g/mol. The van der Waals surface area contributed by atoms with Gasteiger partial charge in [-0.1, -0.05) is 52.3 Å². The second-order valence-electron chi connectivity index (χ2n) is 7.39. The Balaban J connectivity index is 1.81. The van der Waals surface area contributed by atoms with E-state index in [4.69, 9.17) is 9.47 Å². The number of nitriles is 1. The molecule has 0 bridgehead atoms. The van der Waals surface area contributed by atoms with E-state index in [0.717, 1.165) is 21.2 Å². The zero-order valence-corrected chi connectivity index (χ0v) is 20.4. The van der Waals surface area contributed by atoms with Crippen LogP contribution in [0, 0.1) is 25.2 Å². The summed E-state index contributed by atoms with van der Waals surface area (Å²) in [6, 6.07) is 20.8. The van der Waals surface area contributed by atoms with E-state index in [-0.39, 0.29) is 5.57 Å². The molecule has 168 valence electrons. The Hall–Kier alpha value is -3.56. The zero-order chi connectivity index (χ0) is 23.8. The number of carbonyl (C=O) groups is 1. The molecule has 0 aliphatic rings. The Bertz CT molecular complexity index is 1230. The van der Waals surface area contributed by atoms with Gasteiger partial charge in [-0.15, -0.1) is 0 Å². The molecule has 0 aliphatic heterocycles. The number of anilines is 1. The van der Waals surface area contributed by atoms with Crippen LogP contribution in [0.4, 0.5) is 5.69 Å². The van der Waals surface area contributed by atoms with E-state index in [1.807, 2.05) is 69.3 Å². The lowest BCUT2D eigenvalue weighted by Gasteiger charge is -2.13. The van der Waals surface area contributed by atoms with Gasteiger partial charge in [0.1, 0.15) is 18.2 Å². The Morgan fingerprint density at radius 3 is 2.58 bits per heavy atom. The molecule has 0 radical (unpaired) electrons. The standard InChI is InChI=1S/C27H25BrN2O3/c1-4-32-26-15-20(12-13-25(26)33-17-21-9-5-6-10-23(21)28)14-22(16-29)27(31)30-24-11-7-8-18(2)19(24)3/h5-15H,4,17H2,1-3H3,(H,30,31)/b22-14+. The largest absolute Gasteiger partial charge is 0.490 e. The van der Waals surface area contributed by atoms with Gasteiger partial charge in [0.25, 0.3) is 5.91 Å². The maximum atomic E-state index is 12.7. The fraction of sp³-hybridized carbons (Fsp3) is 0.185. The van der Waals surface area contributed by atoms with E-state index in [1.54, 1.807) is 24.3 Å². The van der Waals surface area contributed by atoms with Crippen molar-refractivity contribution in [3.05, 3.63) is 93.0 Å². The average molecular weight is 505 g/mol. The van der Waals surface area contributed by atoms with Gasteiger partial charge in [0.05, 0.1) is 6.61 Å². The summed E-state index contributed by atoms with van der Waals surface area (Å²) in [5.41, 5.74) is 4.40. The fourth-order valence-corrected chi connectivity index (χ4v) is 3.56. The fourth-order valence-electron chi connectivity index (χ4n) is 3.16. The van der Waals surface area contributed by atoms with Gasteiger partial charge in [-0.25, -0.2) is 0 Å². The molecule has 0 saturated heterocycles. The molecule has 1 N–H and O–H groups in total. The van der Waals surface area contributed by atoms with E-state index in [1.165, 1.54) is 0 Å². The molecule has 0 spiro atoms. The van der Waals surface area contributed by atoms with Crippen LogP contribution in [0.1, 0.15) is 29.2 Å². The van der Waals surface area contributed by atoms with Crippen molar-refractivity contribution in [3.8, 4) is 17.6 Å². The number of rotatable bonds is 8. The molecule has 0 aromatic heterocycles. The predicted molar refractivity (Wildman–Crippen MR) is 134 cm³/mol. The van der Waals surface area contributed by atoms with Crippen LogP contribution >= 0.6 is 15.9 Å². The van der Waals surface area contributed by atoms with E-state index < -0.39 is 5.91 Å². The van der Waals surface area contributed by atoms with Crippen LogP contribution in [-0.4, -0.2) is 12.5 Å². The smallest absolute Gasteiger partial charge is 0.266 e. The maximum Gasteiger partial charge on any atom is 0.266 e. The molecule has 3 aromatic carbocycles. The number of hydrogen-bond acceptors (Lipinski definition) is 4. The summed E-state index contributed by atoms with van der Waals surface area (Å²) in [5, 5.41) is 12.4. The van der Waals surface area contributed by atoms with Crippen LogP contribution in [0.2, 0.25) is 0 Å². The summed E-state index contributed by atoms with van der Waals surface area (Å²) in [5.74, 6) is 0.673. The third kappa shape index (κ3) is 6.24. The molecule has 0 atom stereocenters. The predicted octanol–water partition coefficient (Wildman–Crippen LogP) is 6.59. The summed E-state index contributed by atoms with van der Waals surface area (Å²) in [6.45, 7) is 6.62. The minimum Gasteiger partial charge on any atom is -0.490 e. The molecule has 3 rings (SSSR count). The highest BCUT2D eigenvalue weighted by Crippen LogP contribution is 2.31. The van der Waals surface area contributed by atoms with Crippen molar-refractivity contribution in [2.45, 2.75) is 27.4 Å². The van der Waals surface area contributed by atoms with Crippen molar-refractivity contribution in [2.75, 3.05) is 11.9 Å². The van der Waals surface area contributed by atoms with Crippen LogP contribution in [0.5, 0.6) is 11.5 Å². The van der Waals surface area contributed by atoms with Gasteiger partial charge < -0.3 is 14.8 Å². The first-order valence-electron chi connectivity index (χ1n) is 10.5. The van der Waals surface area contributed by atoms with Gasteiger partial charge in [0, 0.05) is 15.7 Å². The lowest BCUT2D eigenvalue weighted by atomic mass is 10.1. The topological polar surface area (TPSA) is 71.3 Å². The van der Waals surface area contributed by atoms with Crippen molar-refractivity contribution in [3.63, 3.8) is 0 Å². The number of benzene rings is 3. The molecule has 0 saturated carbocycles. The van der Waals surface area contributed by atoms with Crippen LogP contribution < -0.4 is 14.8 Å². The van der Waals surface area contributed by atoms with Gasteiger partial charge in [-0.3, -0.25) is 4.79 Å². The van der Waals surface area contributed by atoms with Crippen molar-refractivity contribution in [1.29, 1.82) is 5.26 Å². The van der Waals surface area contributed by atoms with Gasteiger partial charge in [0.2, 0.25) is 0 Å². The molecule has 33 heavy (non-hydrogen) atoms. The molecule has 0 heterocycles. The molecule has 3 aromatic rings. The molecule has 0 aliphatic carbocycles. The van der Waals surface area contributed by atoms with Gasteiger partial charge in [0.15, 0.2) is 11.5 Å². The highest BCUT2D eigenvalue weighted by atomic mass is 79.9. The highest BCUT2D eigenvalue weighted by Gasteiger charge is 2.13. The number of halogens is 1. The summed E-state index contributed by atoms with van der Waals surface area (Å²) in [4.78, 5) is 12.7. The first-order chi connectivity index (χ1) is 15.9. The highest BCUT2D eigenvalue weighted by molar-refractivity contribution is 9.10. The maximum absolute atomic E-state index is 12.7. The third-order valence-electron chi connectivity index (χ3n) is 5.14. The van der Waals surface area contributed by atoms with E-state index in [2.05, 4.69) is 21.2 Å². The number of nitrogens with zero attached hydrogens (tertiary/aromatic N) is 1. The Kier molecular flexibility index (Phi) is 8.28. The summed E-state index contributed by atoms with van der Waals surface area (Å²) < 4.78 is 12.7. The summed E-state index contributed by atoms with van der Waals surface area (Å²) in [7, 11) is 0. The van der Waals surface area contributed by atoms with E-state index in [9.17, 15) is 10.1 Å². The molecular formula is C27H25BrN2O3. The Labute approximate surface area is 202 Å². The zero-order valence-electron chi connectivity index (χ0n) is 18.8. The summed E-state index contributed by atoms with van der Waals surface area (Å²) >= 11 is 3.52. The number of hydrogen-bond donors (Lipinski definition) is 1. The second kappa shape index (κ2) is 11.3. The quantitative estimate of drug-likeness (QED) is 0.277. The van der Waals surface area contributed by atoms with E-state index in [0.29, 0.717) is 36.0 Å². The average Bonchev–Trinajstić information content (AvgIpc) is 2.81. The van der Waals surface area contributed by atoms with Crippen molar-refractivity contribution < 1.29 is 14.3 Å². The van der Waals surface area contributed by atoms with E-state index >= 15 is 0 Å². The van der Waals surface area contributed by atoms with Crippen LogP contribution in [0.3, 0.4) is 0 Å². The number of aryl methyl sites for hydroxylation is 1. The lowest BCUT2D eigenvalue weighted by molar-refractivity contribution is -0.112. The van der Waals surface area contributed by atoms with Gasteiger partial charge in [-0.05, 0) is 67.8 Å². The minimum atomic E-state index is -0.460. The van der Waals surface area contributed by atoms with Crippen molar-refractivity contribution in [1.82, 2.24) is 0 Å². The Morgan fingerprint density at radius 2 is 1.85 bits per heavy atom. The second-order valence-corrected chi connectivity index (χ2v) is 8.25. The van der Waals surface area contributed by atoms with Crippen molar-refractivity contribution in [2.24, 2.45) is 0 Å². The van der Waals surface area contributed by atoms with Gasteiger partial charge >= 0.3 is 0 Å². The Morgan fingerprint density at radius 1 is 1.06 bits per heavy atom. The number of nitrogens with one attached hydrogen (secondary N) is 1. The molecule has 0 unspecified atom stereocenters. The molecule has 0 fully saturated rings. The first-order valence-corrected chi connectivity index (χ1v) is 11.3.